The average molecular weight is 815 g/mol. The normalized spacial score (nSPS) is 12.3. The van der Waals surface area contributed by atoms with Crippen LogP contribution in [0, 0.1) is 0 Å². The fraction of sp³-hybridized carbons (Fsp3) is 0. The van der Waals surface area contributed by atoms with Gasteiger partial charge in [-0.15, -0.1) is 0 Å². The summed E-state index contributed by atoms with van der Waals surface area (Å²) < 4.78 is 125. The van der Waals surface area contributed by atoms with Crippen molar-refractivity contribution in [1.29, 1.82) is 0 Å². The summed E-state index contributed by atoms with van der Waals surface area (Å²) in [5, 5.41) is 24.9. The molecule has 0 atom stereocenters. The van der Waals surface area contributed by atoms with Crippen LogP contribution in [0.25, 0.3) is 21.5 Å². The molecule has 0 saturated carbocycles. The summed E-state index contributed by atoms with van der Waals surface area (Å²) in [6, 6.07) is 21.0. The summed E-state index contributed by atoms with van der Waals surface area (Å²) in [5.74, 6) is -0.589. The number of rotatable bonds is 10. The molecular weight excluding hydrogens is 789 g/mol. The van der Waals surface area contributed by atoms with Gasteiger partial charge in [-0.3, -0.25) is 18.5 Å². The third-order valence-corrected chi connectivity index (χ3v) is 12.5. The Balaban J connectivity index is 1.14. The first-order valence-electron chi connectivity index (χ1n) is 15.0. The topological polar surface area (TPSA) is 283 Å². The Morgan fingerprint density at radius 2 is 0.796 bits per heavy atom. The molecule has 0 aromatic heterocycles. The van der Waals surface area contributed by atoms with Crippen LogP contribution >= 0.6 is 0 Å². The van der Waals surface area contributed by atoms with Crippen LogP contribution in [-0.2, 0) is 40.3 Å². The number of anilines is 4. The van der Waals surface area contributed by atoms with Crippen LogP contribution in [0.2, 0.25) is 0 Å². The van der Waals surface area contributed by atoms with E-state index < -0.39 is 67.5 Å². The molecule has 0 heterocycles. The number of amides is 2. The van der Waals surface area contributed by atoms with Crippen LogP contribution in [-0.4, -0.2) is 59.0 Å². The zero-order valence-electron chi connectivity index (χ0n) is 27.0. The minimum absolute atomic E-state index is 0.0525. The number of fused-ring (bicyclic) bond motifs is 2. The SMILES string of the molecule is O=C(Nc1ccc(S(=O)(=O)Nc2ccc3c(O)cccc3c2S(=O)(=O)O)cc1)Nc1ccc(S(=O)(=O)Nc2ccc3c(O)cccc3c2S(=O)(=O)O)cc1. The van der Waals surface area contributed by atoms with E-state index in [1.165, 1.54) is 72.8 Å². The molecular formula is C33H26N4O13S4. The second-order valence-electron chi connectivity index (χ2n) is 11.4. The van der Waals surface area contributed by atoms with E-state index in [1.807, 2.05) is 0 Å². The van der Waals surface area contributed by atoms with Gasteiger partial charge in [-0.25, -0.2) is 21.6 Å². The number of nitrogens with one attached hydrogen (secondary N) is 4. The van der Waals surface area contributed by atoms with Crippen molar-refractivity contribution in [2.75, 3.05) is 20.1 Å². The molecule has 0 aliphatic carbocycles. The van der Waals surface area contributed by atoms with Gasteiger partial charge < -0.3 is 20.8 Å². The van der Waals surface area contributed by atoms with Crippen molar-refractivity contribution in [2.45, 2.75) is 19.6 Å². The largest absolute Gasteiger partial charge is 0.507 e. The summed E-state index contributed by atoms with van der Waals surface area (Å²) >= 11 is 0. The van der Waals surface area contributed by atoms with Crippen LogP contribution in [0.1, 0.15) is 0 Å². The number of hydrogen-bond donors (Lipinski definition) is 8. The van der Waals surface area contributed by atoms with Crippen LogP contribution in [0.5, 0.6) is 11.5 Å². The minimum Gasteiger partial charge on any atom is -0.507 e. The zero-order valence-corrected chi connectivity index (χ0v) is 30.3. The van der Waals surface area contributed by atoms with E-state index in [4.69, 9.17) is 0 Å². The quantitative estimate of drug-likeness (QED) is 0.0833. The monoisotopic (exact) mass is 814 g/mol. The van der Waals surface area contributed by atoms with Gasteiger partial charge in [0.05, 0.1) is 21.2 Å². The maximum absolute atomic E-state index is 13.2. The Hall–Kier alpha value is -5.97. The zero-order chi connectivity index (χ0) is 39.2. The molecule has 6 rings (SSSR count). The molecule has 2 amide bonds. The number of phenolic OH excluding ortho intramolecular Hbond substituents is 2. The molecule has 0 aliphatic rings. The molecule has 0 bridgehead atoms. The van der Waals surface area contributed by atoms with Gasteiger partial charge in [0.2, 0.25) is 0 Å². The Morgan fingerprint density at radius 1 is 0.444 bits per heavy atom. The van der Waals surface area contributed by atoms with E-state index >= 15 is 0 Å². The van der Waals surface area contributed by atoms with Crippen LogP contribution < -0.4 is 20.1 Å². The highest BCUT2D eigenvalue weighted by molar-refractivity contribution is 7.93. The lowest BCUT2D eigenvalue weighted by molar-refractivity contribution is 0.262. The molecule has 6 aromatic carbocycles. The number of sulfonamides is 2. The predicted molar refractivity (Wildman–Crippen MR) is 198 cm³/mol. The van der Waals surface area contributed by atoms with E-state index in [2.05, 4.69) is 20.1 Å². The van der Waals surface area contributed by atoms with E-state index in [0.717, 1.165) is 36.4 Å². The summed E-state index contributed by atoms with van der Waals surface area (Å²) in [7, 11) is -18.8. The summed E-state index contributed by atoms with van der Waals surface area (Å²) in [5.41, 5.74) is -0.727. The Morgan fingerprint density at radius 3 is 1.13 bits per heavy atom. The summed E-state index contributed by atoms with van der Waals surface area (Å²) in [6.45, 7) is 0. The van der Waals surface area contributed by atoms with Crippen LogP contribution in [0.15, 0.2) is 129 Å². The molecule has 6 aromatic rings. The number of carbonyl (C=O) groups excluding carboxylic acids is 1. The lowest BCUT2D eigenvalue weighted by Gasteiger charge is -2.15. The Kier molecular flexibility index (Phi) is 9.64. The predicted octanol–water partition coefficient (Wildman–Crippen LogP) is 5.14. The first-order chi connectivity index (χ1) is 25.2. The molecule has 0 radical (unpaired) electrons. The second-order valence-corrected chi connectivity index (χ2v) is 17.5. The van der Waals surface area contributed by atoms with Gasteiger partial charge in [0, 0.05) is 32.9 Å². The van der Waals surface area contributed by atoms with Gasteiger partial charge in [0.15, 0.2) is 0 Å². The lowest BCUT2D eigenvalue weighted by Crippen LogP contribution is -2.20. The fourth-order valence-electron chi connectivity index (χ4n) is 5.48. The molecule has 21 heteroatoms. The highest BCUT2D eigenvalue weighted by atomic mass is 32.2. The maximum atomic E-state index is 13.2. The van der Waals surface area contributed by atoms with Crippen LogP contribution in [0.3, 0.4) is 0 Å². The van der Waals surface area contributed by atoms with Gasteiger partial charge in [-0.1, -0.05) is 24.3 Å². The molecule has 54 heavy (non-hydrogen) atoms. The number of urea groups is 1. The molecule has 0 unspecified atom stereocenters. The Labute approximate surface area is 307 Å². The summed E-state index contributed by atoms with van der Waals surface area (Å²) in [4.78, 5) is 10.4. The van der Waals surface area contributed by atoms with Gasteiger partial charge in [-0.05, 0) is 84.9 Å². The number of phenols is 2. The molecule has 0 aliphatic heterocycles. The average Bonchev–Trinajstić information content (AvgIpc) is 3.07. The smallest absolute Gasteiger partial charge is 0.323 e. The minimum atomic E-state index is -4.98. The Bertz CT molecular complexity index is 2740. The van der Waals surface area contributed by atoms with E-state index in [0.29, 0.717) is 0 Å². The van der Waals surface area contributed by atoms with Crippen molar-refractivity contribution in [2.24, 2.45) is 0 Å². The second kappa shape index (κ2) is 13.8. The third-order valence-electron chi connectivity index (χ3n) is 7.83. The maximum Gasteiger partial charge on any atom is 0.323 e. The van der Waals surface area contributed by atoms with Crippen LogP contribution in [0.4, 0.5) is 27.5 Å². The van der Waals surface area contributed by atoms with E-state index in [-0.39, 0.29) is 54.2 Å². The summed E-state index contributed by atoms with van der Waals surface area (Å²) in [6.07, 6.45) is 0. The van der Waals surface area contributed by atoms with Crippen molar-refractivity contribution in [1.82, 2.24) is 0 Å². The number of aromatic hydroxyl groups is 2. The van der Waals surface area contributed by atoms with Crippen molar-refractivity contribution in [3.8, 4) is 11.5 Å². The van der Waals surface area contributed by atoms with Crippen molar-refractivity contribution < 1.29 is 57.8 Å². The molecule has 0 saturated heterocycles. The van der Waals surface area contributed by atoms with E-state index in [9.17, 15) is 57.8 Å². The van der Waals surface area contributed by atoms with Gasteiger partial charge in [0.25, 0.3) is 40.3 Å². The molecule has 17 nitrogen and oxygen atoms in total. The molecule has 0 spiro atoms. The molecule has 8 N–H and O–H groups in total. The molecule has 0 fully saturated rings. The highest BCUT2D eigenvalue weighted by Gasteiger charge is 2.26. The first kappa shape index (κ1) is 37.8. The fourth-order valence-corrected chi connectivity index (χ4v) is 9.46. The highest BCUT2D eigenvalue weighted by Crippen LogP contribution is 2.37. The van der Waals surface area contributed by atoms with Crippen molar-refractivity contribution in [3.05, 3.63) is 109 Å². The standard InChI is InChI=1S/C33H26N4O13S4/c38-29-5-1-3-25-23(29)15-17-27(31(25)53(45,46)47)36-51(41,42)21-11-7-19(8-12-21)34-33(40)35-20-9-13-22(14-10-20)52(43,44)37-28-18-16-24-26(4-2-6-30(24)39)32(28)54(48,49)50/h1-18,36-39H,(H2,34,35,40)(H,45,46,47)(H,48,49,50). The lowest BCUT2D eigenvalue weighted by atomic mass is 10.1. The number of hydrogen-bond acceptors (Lipinski definition) is 11. The van der Waals surface area contributed by atoms with Gasteiger partial charge >= 0.3 is 6.03 Å². The number of benzene rings is 6. The van der Waals surface area contributed by atoms with Crippen molar-refractivity contribution in [3.63, 3.8) is 0 Å². The number of carbonyl (C=O) groups is 1. The first-order valence-corrected chi connectivity index (χ1v) is 20.9. The van der Waals surface area contributed by atoms with E-state index in [1.54, 1.807) is 0 Å². The van der Waals surface area contributed by atoms with Crippen molar-refractivity contribution >= 4 is 90.6 Å². The van der Waals surface area contributed by atoms with Gasteiger partial charge in [-0.2, -0.15) is 16.8 Å². The van der Waals surface area contributed by atoms with Gasteiger partial charge in [0.1, 0.15) is 21.3 Å². The molecule has 280 valence electrons. The third kappa shape index (κ3) is 7.71.